The van der Waals surface area contributed by atoms with E-state index < -0.39 is 0 Å². The fraction of sp³-hybridized carbons (Fsp3) is 0. The molecule has 1 aliphatic rings. The van der Waals surface area contributed by atoms with E-state index in [1.54, 1.807) is 6.33 Å². The Balaban J connectivity index is 2.17. The van der Waals surface area contributed by atoms with Crippen LogP contribution in [-0.4, -0.2) is 14.8 Å². The molecule has 1 N–H and O–H groups in total. The number of rotatable bonds is 1. The number of hydrogen-bond donors (Lipinski definition) is 1. The predicted octanol–water partition coefficient (Wildman–Crippen LogP) is 3.57. The number of hydrogen-bond acceptors (Lipinski definition) is 2. The van der Waals surface area contributed by atoms with Crippen LogP contribution in [0.15, 0.2) is 36.7 Å². The highest BCUT2D eigenvalue weighted by atomic mass is 32.1. The maximum atomic E-state index is 5.24. The van der Waals surface area contributed by atoms with E-state index >= 15 is 0 Å². The van der Waals surface area contributed by atoms with Crippen LogP contribution in [0.2, 0.25) is 0 Å². The van der Waals surface area contributed by atoms with E-state index in [-0.39, 0.29) is 0 Å². The average molecular weight is 251 g/mol. The van der Waals surface area contributed by atoms with Gasteiger partial charge in [0.1, 0.15) is 6.33 Å². The Kier molecular flexibility index (Phi) is 1.85. The molecule has 0 fully saturated rings. The van der Waals surface area contributed by atoms with Gasteiger partial charge in [-0.15, -0.1) is 0 Å². The summed E-state index contributed by atoms with van der Waals surface area (Å²) in [5.74, 6) is 0. The van der Waals surface area contributed by atoms with E-state index in [4.69, 9.17) is 12.2 Å². The van der Waals surface area contributed by atoms with Crippen molar-refractivity contribution in [2.24, 2.45) is 0 Å². The van der Waals surface area contributed by atoms with Crippen molar-refractivity contribution in [3.05, 3.63) is 52.6 Å². The lowest BCUT2D eigenvalue weighted by Crippen LogP contribution is -1.94. The number of benzene rings is 2. The molecule has 0 amide bonds. The number of aromatic amines is 1. The van der Waals surface area contributed by atoms with E-state index in [9.17, 15) is 0 Å². The first-order valence-corrected chi connectivity index (χ1v) is 6.11. The summed E-state index contributed by atoms with van der Waals surface area (Å²) in [6.45, 7) is 0. The van der Waals surface area contributed by atoms with Gasteiger partial charge in [-0.3, -0.25) is 9.67 Å². The highest BCUT2D eigenvalue weighted by Gasteiger charge is 2.12. The van der Waals surface area contributed by atoms with E-state index in [0.29, 0.717) is 4.77 Å². The summed E-state index contributed by atoms with van der Waals surface area (Å²) in [5.41, 5.74) is 3.59. The molecule has 18 heavy (non-hydrogen) atoms. The van der Waals surface area contributed by atoms with E-state index in [1.165, 1.54) is 21.9 Å². The lowest BCUT2D eigenvalue weighted by molar-refractivity contribution is 1.04. The van der Waals surface area contributed by atoms with Crippen LogP contribution in [-0.2, 0) is 0 Å². The molecule has 0 bridgehead atoms. The third kappa shape index (κ3) is 1.18. The van der Waals surface area contributed by atoms with Gasteiger partial charge in [0.2, 0.25) is 0 Å². The SMILES string of the molecule is S=c1[nH]ncn1-c1ccc2c3c(cccc13)C=C2. The van der Waals surface area contributed by atoms with Crippen molar-refractivity contribution in [2.75, 3.05) is 0 Å². The Labute approximate surface area is 108 Å². The Morgan fingerprint density at radius 1 is 1.06 bits per heavy atom. The second kappa shape index (κ2) is 3.40. The molecule has 0 atom stereocenters. The summed E-state index contributed by atoms with van der Waals surface area (Å²) in [6, 6.07) is 10.5. The molecule has 3 aromatic rings. The first-order chi connectivity index (χ1) is 8.84. The molecule has 0 saturated heterocycles. The van der Waals surface area contributed by atoms with Gasteiger partial charge in [0.15, 0.2) is 4.77 Å². The Bertz CT molecular complexity index is 843. The van der Waals surface area contributed by atoms with Crippen molar-refractivity contribution >= 4 is 35.1 Å². The minimum Gasteiger partial charge on any atom is -0.274 e. The van der Waals surface area contributed by atoms with Crippen LogP contribution in [0.1, 0.15) is 11.1 Å². The van der Waals surface area contributed by atoms with Crippen LogP contribution in [0.3, 0.4) is 0 Å². The van der Waals surface area contributed by atoms with Crippen LogP contribution >= 0.6 is 12.2 Å². The molecule has 3 nitrogen and oxygen atoms in total. The van der Waals surface area contributed by atoms with Gasteiger partial charge in [-0.25, -0.2) is 0 Å². The number of H-pyrrole nitrogens is 1. The third-order valence-corrected chi connectivity index (χ3v) is 3.62. The van der Waals surface area contributed by atoms with Gasteiger partial charge >= 0.3 is 0 Å². The molecule has 4 heteroatoms. The van der Waals surface area contributed by atoms with Crippen molar-refractivity contribution in [3.63, 3.8) is 0 Å². The molecule has 1 heterocycles. The summed E-state index contributed by atoms with van der Waals surface area (Å²) in [5, 5.41) is 9.26. The molecule has 0 spiro atoms. The zero-order valence-corrected chi connectivity index (χ0v) is 10.2. The second-order valence-electron chi connectivity index (χ2n) is 4.31. The number of aromatic nitrogens is 3. The van der Waals surface area contributed by atoms with Crippen molar-refractivity contribution in [1.29, 1.82) is 0 Å². The largest absolute Gasteiger partial charge is 0.274 e. The van der Waals surface area contributed by atoms with Crippen molar-refractivity contribution in [2.45, 2.75) is 0 Å². The normalized spacial score (nSPS) is 12.4. The van der Waals surface area contributed by atoms with Gasteiger partial charge in [-0.05, 0) is 34.8 Å². The maximum absolute atomic E-state index is 5.24. The molecule has 0 unspecified atom stereocenters. The minimum atomic E-state index is 0.613. The highest BCUT2D eigenvalue weighted by Crippen LogP contribution is 2.34. The van der Waals surface area contributed by atoms with Crippen LogP contribution in [0.4, 0.5) is 0 Å². The van der Waals surface area contributed by atoms with Gasteiger partial charge in [0, 0.05) is 5.39 Å². The van der Waals surface area contributed by atoms with Crippen LogP contribution < -0.4 is 0 Å². The predicted molar refractivity (Wildman–Crippen MR) is 75.2 cm³/mol. The molecule has 1 aromatic heterocycles. The van der Waals surface area contributed by atoms with E-state index in [0.717, 1.165) is 5.69 Å². The lowest BCUT2D eigenvalue weighted by Gasteiger charge is -2.09. The first kappa shape index (κ1) is 9.79. The zero-order chi connectivity index (χ0) is 12.1. The van der Waals surface area contributed by atoms with Crippen LogP contribution in [0.5, 0.6) is 0 Å². The highest BCUT2D eigenvalue weighted by molar-refractivity contribution is 7.71. The molecule has 1 aliphatic carbocycles. The monoisotopic (exact) mass is 251 g/mol. The summed E-state index contributed by atoms with van der Waals surface area (Å²) < 4.78 is 2.51. The van der Waals surface area contributed by atoms with Gasteiger partial charge < -0.3 is 0 Å². The molecule has 4 rings (SSSR count). The number of nitrogens with one attached hydrogen (secondary N) is 1. The fourth-order valence-corrected chi connectivity index (χ4v) is 2.73. The first-order valence-electron chi connectivity index (χ1n) is 5.71. The topological polar surface area (TPSA) is 33.6 Å². The van der Waals surface area contributed by atoms with Crippen molar-refractivity contribution in [1.82, 2.24) is 14.8 Å². The third-order valence-electron chi connectivity index (χ3n) is 3.34. The molecule has 0 aliphatic heterocycles. The Hall–Kier alpha value is -2.20. The zero-order valence-electron chi connectivity index (χ0n) is 9.42. The number of nitrogens with zero attached hydrogens (tertiary/aromatic N) is 2. The summed E-state index contributed by atoms with van der Waals surface area (Å²) in [4.78, 5) is 0. The maximum Gasteiger partial charge on any atom is 0.199 e. The summed E-state index contributed by atoms with van der Waals surface area (Å²) >= 11 is 5.24. The smallest absolute Gasteiger partial charge is 0.199 e. The van der Waals surface area contributed by atoms with Crippen LogP contribution in [0, 0.1) is 4.77 Å². The molecule has 2 aromatic carbocycles. The van der Waals surface area contributed by atoms with Gasteiger partial charge in [-0.1, -0.05) is 36.4 Å². The fourth-order valence-electron chi connectivity index (χ4n) is 2.53. The van der Waals surface area contributed by atoms with Crippen LogP contribution in [0.25, 0.3) is 28.6 Å². The van der Waals surface area contributed by atoms with Crippen molar-refractivity contribution in [3.8, 4) is 5.69 Å². The molecule has 86 valence electrons. The molecular formula is C14H9N3S. The van der Waals surface area contributed by atoms with E-state index in [2.05, 4.69) is 52.7 Å². The minimum absolute atomic E-state index is 0.613. The standard InChI is InChI=1S/C14H9N3S/c18-14-16-15-8-17(14)12-7-6-10-5-4-9-2-1-3-11(12)13(9)10/h1-8H,(H,16,18). The second-order valence-corrected chi connectivity index (χ2v) is 4.70. The van der Waals surface area contributed by atoms with Gasteiger partial charge in [-0.2, -0.15) is 5.10 Å². The summed E-state index contributed by atoms with van der Waals surface area (Å²) in [6.07, 6.45) is 6.01. The van der Waals surface area contributed by atoms with E-state index in [1.807, 2.05) is 4.57 Å². The Morgan fingerprint density at radius 3 is 2.67 bits per heavy atom. The van der Waals surface area contributed by atoms with Crippen molar-refractivity contribution < 1.29 is 0 Å². The van der Waals surface area contributed by atoms with Gasteiger partial charge in [0.05, 0.1) is 5.69 Å². The average Bonchev–Trinajstić information content (AvgIpc) is 2.99. The lowest BCUT2D eigenvalue weighted by atomic mass is 10.0. The molecular weight excluding hydrogens is 242 g/mol. The summed E-state index contributed by atoms with van der Waals surface area (Å²) in [7, 11) is 0. The van der Waals surface area contributed by atoms with Gasteiger partial charge in [0.25, 0.3) is 0 Å². The Morgan fingerprint density at radius 2 is 1.89 bits per heavy atom. The quantitative estimate of drug-likeness (QED) is 0.525. The molecule has 0 radical (unpaired) electrons. The molecule has 0 saturated carbocycles.